The van der Waals surface area contributed by atoms with Crippen molar-refractivity contribution >= 4 is 5.69 Å². The minimum Gasteiger partial charge on any atom is -0.378 e. The molecule has 1 N–H and O–H groups in total. The number of hydrogen-bond donors (Lipinski definition) is 1. The summed E-state index contributed by atoms with van der Waals surface area (Å²) in [5.74, 6) is 0. The molecule has 1 rings (SSSR count). The van der Waals surface area contributed by atoms with Crippen molar-refractivity contribution in [2.75, 3.05) is 19.0 Å². The van der Waals surface area contributed by atoms with E-state index in [-0.39, 0.29) is 18.2 Å². The van der Waals surface area contributed by atoms with Crippen molar-refractivity contribution in [3.05, 3.63) is 29.3 Å². The van der Waals surface area contributed by atoms with Crippen LogP contribution in [-0.2, 0) is 12.7 Å². The summed E-state index contributed by atoms with van der Waals surface area (Å²) in [7, 11) is 3.45. The lowest BCUT2D eigenvalue weighted by atomic mass is 10.1. The van der Waals surface area contributed by atoms with Crippen molar-refractivity contribution in [1.29, 1.82) is 0 Å². The molecule has 0 atom stereocenters. The van der Waals surface area contributed by atoms with E-state index in [0.717, 1.165) is 0 Å². The molecule has 0 amide bonds. The van der Waals surface area contributed by atoms with Gasteiger partial charge in [-0.1, -0.05) is 19.9 Å². The number of rotatable bonds is 4. The van der Waals surface area contributed by atoms with E-state index in [1.807, 2.05) is 13.8 Å². The number of alkyl halides is 3. The Morgan fingerprint density at radius 1 is 1.22 bits per heavy atom. The van der Waals surface area contributed by atoms with Crippen molar-refractivity contribution < 1.29 is 13.2 Å². The molecule has 102 valence electrons. The van der Waals surface area contributed by atoms with Gasteiger partial charge >= 0.3 is 6.18 Å². The molecule has 5 heteroatoms. The Balaban J connectivity index is 3.09. The molecule has 0 aromatic heterocycles. The average molecular weight is 260 g/mol. The van der Waals surface area contributed by atoms with Crippen molar-refractivity contribution in [3.8, 4) is 0 Å². The number of halogens is 3. The standard InChI is InChI=1S/C13H19F3N2/c1-9(2)17-8-10-5-6-11(18(3)4)7-12(10)13(14,15)16/h5-7,9,17H,8H2,1-4H3. The van der Waals surface area contributed by atoms with Gasteiger partial charge in [-0.3, -0.25) is 0 Å². The van der Waals surface area contributed by atoms with E-state index in [1.54, 1.807) is 25.1 Å². The van der Waals surface area contributed by atoms with Crippen molar-refractivity contribution in [3.63, 3.8) is 0 Å². The number of nitrogens with one attached hydrogen (secondary N) is 1. The van der Waals surface area contributed by atoms with E-state index < -0.39 is 11.7 Å². The topological polar surface area (TPSA) is 15.3 Å². The average Bonchev–Trinajstić information content (AvgIpc) is 2.24. The van der Waals surface area contributed by atoms with Gasteiger partial charge in [-0.2, -0.15) is 13.2 Å². The predicted molar refractivity (Wildman–Crippen MR) is 67.7 cm³/mol. The molecule has 0 aliphatic heterocycles. The zero-order chi connectivity index (χ0) is 13.9. The maximum absolute atomic E-state index is 13.0. The molecule has 0 unspecified atom stereocenters. The Labute approximate surface area is 106 Å². The fourth-order valence-corrected chi connectivity index (χ4v) is 1.57. The molecule has 0 fully saturated rings. The lowest BCUT2D eigenvalue weighted by molar-refractivity contribution is -0.138. The van der Waals surface area contributed by atoms with Crippen LogP contribution in [0.3, 0.4) is 0 Å². The number of nitrogens with zero attached hydrogens (tertiary/aromatic N) is 1. The number of benzene rings is 1. The highest BCUT2D eigenvalue weighted by Gasteiger charge is 2.33. The van der Waals surface area contributed by atoms with Crippen LogP contribution in [0.15, 0.2) is 18.2 Å². The molecule has 1 aromatic carbocycles. The first-order valence-corrected chi connectivity index (χ1v) is 5.82. The van der Waals surface area contributed by atoms with Crippen LogP contribution in [0.25, 0.3) is 0 Å². The Morgan fingerprint density at radius 3 is 2.28 bits per heavy atom. The largest absolute Gasteiger partial charge is 0.416 e. The second-order valence-electron chi connectivity index (χ2n) is 4.77. The minimum atomic E-state index is -4.32. The zero-order valence-electron chi connectivity index (χ0n) is 11.1. The van der Waals surface area contributed by atoms with Gasteiger partial charge in [0.25, 0.3) is 0 Å². The fraction of sp³-hybridized carbons (Fsp3) is 0.538. The third-order valence-corrected chi connectivity index (χ3v) is 2.62. The van der Waals surface area contributed by atoms with Gasteiger partial charge in [0.2, 0.25) is 0 Å². The third-order valence-electron chi connectivity index (χ3n) is 2.62. The lowest BCUT2D eigenvalue weighted by Gasteiger charge is -2.19. The summed E-state index contributed by atoms with van der Waals surface area (Å²) in [5.41, 5.74) is 0.263. The van der Waals surface area contributed by atoms with Crippen LogP contribution in [0.5, 0.6) is 0 Å². The monoisotopic (exact) mass is 260 g/mol. The SMILES string of the molecule is CC(C)NCc1ccc(N(C)C)cc1C(F)(F)F. The number of hydrogen-bond acceptors (Lipinski definition) is 2. The molecule has 0 bridgehead atoms. The molecule has 0 spiro atoms. The van der Waals surface area contributed by atoms with Gasteiger partial charge in [-0.05, 0) is 17.7 Å². The predicted octanol–water partition coefficient (Wildman–Crippen LogP) is 3.27. The van der Waals surface area contributed by atoms with E-state index in [0.29, 0.717) is 5.69 Å². The van der Waals surface area contributed by atoms with E-state index in [2.05, 4.69) is 5.32 Å². The first-order chi connectivity index (χ1) is 8.21. The van der Waals surface area contributed by atoms with Crippen LogP contribution in [0, 0.1) is 0 Å². The first-order valence-electron chi connectivity index (χ1n) is 5.82. The molecular weight excluding hydrogens is 241 g/mol. The Morgan fingerprint density at radius 2 is 1.83 bits per heavy atom. The maximum Gasteiger partial charge on any atom is 0.416 e. The highest BCUT2D eigenvalue weighted by molar-refractivity contribution is 5.50. The summed E-state index contributed by atoms with van der Waals surface area (Å²) in [6, 6.07) is 4.58. The minimum absolute atomic E-state index is 0.152. The first kappa shape index (κ1) is 14.8. The van der Waals surface area contributed by atoms with Gasteiger partial charge in [0.15, 0.2) is 0 Å². The highest BCUT2D eigenvalue weighted by atomic mass is 19.4. The maximum atomic E-state index is 13.0. The molecule has 0 aliphatic carbocycles. The molecule has 0 aliphatic rings. The molecule has 0 radical (unpaired) electrons. The van der Waals surface area contributed by atoms with E-state index in [9.17, 15) is 13.2 Å². The lowest BCUT2D eigenvalue weighted by Crippen LogP contribution is -2.24. The Kier molecular flexibility index (Phi) is 4.62. The molecule has 0 saturated carbocycles. The van der Waals surface area contributed by atoms with Crippen molar-refractivity contribution in [1.82, 2.24) is 5.32 Å². The van der Waals surface area contributed by atoms with Crippen LogP contribution >= 0.6 is 0 Å². The summed E-state index contributed by atoms with van der Waals surface area (Å²) in [4.78, 5) is 1.66. The smallest absolute Gasteiger partial charge is 0.378 e. The van der Waals surface area contributed by atoms with Gasteiger partial charge in [0, 0.05) is 32.4 Å². The van der Waals surface area contributed by atoms with Gasteiger partial charge in [-0.15, -0.1) is 0 Å². The summed E-state index contributed by atoms with van der Waals surface area (Å²) in [6.45, 7) is 4.03. The van der Waals surface area contributed by atoms with E-state index in [4.69, 9.17) is 0 Å². The molecule has 2 nitrogen and oxygen atoms in total. The summed E-state index contributed by atoms with van der Waals surface area (Å²) in [6.07, 6.45) is -4.32. The number of anilines is 1. The summed E-state index contributed by atoms with van der Waals surface area (Å²) >= 11 is 0. The zero-order valence-corrected chi connectivity index (χ0v) is 11.1. The molecular formula is C13H19F3N2. The van der Waals surface area contributed by atoms with Crippen LogP contribution in [-0.4, -0.2) is 20.1 Å². The quantitative estimate of drug-likeness (QED) is 0.893. The fourth-order valence-electron chi connectivity index (χ4n) is 1.57. The highest BCUT2D eigenvalue weighted by Crippen LogP contribution is 2.34. The van der Waals surface area contributed by atoms with Crippen LogP contribution in [0.1, 0.15) is 25.0 Å². The van der Waals surface area contributed by atoms with E-state index in [1.165, 1.54) is 12.1 Å². The third kappa shape index (κ3) is 3.91. The molecule has 18 heavy (non-hydrogen) atoms. The van der Waals surface area contributed by atoms with Crippen LogP contribution < -0.4 is 10.2 Å². The van der Waals surface area contributed by atoms with Crippen LogP contribution in [0.4, 0.5) is 18.9 Å². The van der Waals surface area contributed by atoms with Gasteiger partial charge < -0.3 is 10.2 Å². The van der Waals surface area contributed by atoms with E-state index >= 15 is 0 Å². The Hall–Kier alpha value is -1.23. The van der Waals surface area contributed by atoms with Gasteiger partial charge in [0.1, 0.15) is 0 Å². The van der Waals surface area contributed by atoms with Gasteiger partial charge in [0.05, 0.1) is 5.56 Å². The molecule has 0 saturated heterocycles. The Bertz CT molecular complexity index is 398. The molecule has 0 heterocycles. The van der Waals surface area contributed by atoms with Gasteiger partial charge in [-0.25, -0.2) is 0 Å². The van der Waals surface area contributed by atoms with Crippen molar-refractivity contribution in [2.45, 2.75) is 32.6 Å². The normalized spacial score (nSPS) is 12.0. The summed E-state index contributed by atoms with van der Waals surface area (Å²) in [5, 5.41) is 3.01. The van der Waals surface area contributed by atoms with Crippen LogP contribution in [0.2, 0.25) is 0 Å². The summed E-state index contributed by atoms with van der Waals surface area (Å²) < 4.78 is 38.9. The second-order valence-corrected chi connectivity index (χ2v) is 4.77. The van der Waals surface area contributed by atoms with Crippen molar-refractivity contribution in [2.24, 2.45) is 0 Å². The second kappa shape index (κ2) is 5.61. The molecule has 1 aromatic rings.